The van der Waals surface area contributed by atoms with E-state index in [1.54, 1.807) is 0 Å². The highest BCUT2D eigenvalue weighted by Gasteiger charge is 2.19. The maximum atomic E-state index is 10.9. The van der Waals surface area contributed by atoms with Gasteiger partial charge in [0.05, 0.1) is 0 Å². The number of hydrogen-bond acceptors (Lipinski definition) is 6. The fourth-order valence-electron chi connectivity index (χ4n) is 1.46. The van der Waals surface area contributed by atoms with E-state index < -0.39 is 34.8 Å². The molecule has 1 aromatic carbocycles. The number of carboxylic acid groups (broad SMARTS) is 2. The summed E-state index contributed by atoms with van der Waals surface area (Å²) in [5.74, 6) is -4.28. The quantitative estimate of drug-likeness (QED) is 0.647. The van der Waals surface area contributed by atoms with E-state index in [1.165, 1.54) is 0 Å². The number of carboxylic acids is 2. The van der Waals surface area contributed by atoms with Crippen molar-refractivity contribution in [1.82, 2.24) is 5.16 Å². The summed E-state index contributed by atoms with van der Waals surface area (Å²) in [6.07, 6.45) is 0. The lowest BCUT2D eigenvalue weighted by atomic mass is 10.1. The van der Waals surface area contributed by atoms with Gasteiger partial charge in [-0.2, -0.15) is 0 Å². The summed E-state index contributed by atoms with van der Waals surface area (Å²) < 4.78 is 4.50. The molecule has 98 valence electrons. The van der Waals surface area contributed by atoms with Gasteiger partial charge in [0, 0.05) is 17.7 Å². The zero-order chi connectivity index (χ0) is 14.2. The number of rotatable bonds is 3. The third-order valence-corrected chi connectivity index (χ3v) is 2.34. The largest absolute Gasteiger partial charge is 0.507 e. The van der Waals surface area contributed by atoms with E-state index in [9.17, 15) is 19.8 Å². The summed E-state index contributed by atoms with van der Waals surface area (Å²) in [5, 5.41) is 39.9. The van der Waals surface area contributed by atoms with Crippen LogP contribution in [0.15, 0.2) is 22.7 Å². The summed E-state index contributed by atoms with van der Waals surface area (Å²) in [5.41, 5.74) is -0.573. The molecule has 0 atom stereocenters. The van der Waals surface area contributed by atoms with Gasteiger partial charge in [-0.1, -0.05) is 5.16 Å². The molecule has 0 spiro atoms. The monoisotopic (exact) mass is 265 g/mol. The van der Waals surface area contributed by atoms with Gasteiger partial charge in [-0.3, -0.25) is 0 Å². The van der Waals surface area contributed by atoms with E-state index in [0.717, 1.165) is 18.2 Å². The number of benzene rings is 1. The molecule has 19 heavy (non-hydrogen) atoms. The number of carbonyl (C=O) groups is 2. The molecule has 0 unspecified atom stereocenters. The maximum absolute atomic E-state index is 10.9. The molecule has 8 nitrogen and oxygen atoms in total. The molecule has 1 heterocycles. The van der Waals surface area contributed by atoms with E-state index in [-0.39, 0.29) is 11.3 Å². The van der Waals surface area contributed by atoms with Crippen LogP contribution in [0.1, 0.15) is 20.9 Å². The molecular formula is C11H7NO7. The van der Waals surface area contributed by atoms with Crippen LogP contribution in [0.3, 0.4) is 0 Å². The van der Waals surface area contributed by atoms with E-state index in [0.29, 0.717) is 0 Å². The first kappa shape index (κ1) is 12.4. The van der Waals surface area contributed by atoms with Gasteiger partial charge in [-0.05, 0) is 6.07 Å². The van der Waals surface area contributed by atoms with Gasteiger partial charge in [0.25, 0.3) is 0 Å². The highest BCUT2D eigenvalue weighted by atomic mass is 16.5. The van der Waals surface area contributed by atoms with E-state index in [2.05, 4.69) is 9.68 Å². The summed E-state index contributed by atoms with van der Waals surface area (Å²) in [6, 6.07) is 2.82. The number of aromatic hydroxyl groups is 2. The Labute approximate surface area is 105 Å². The number of phenols is 2. The molecule has 8 heteroatoms. The minimum Gasteiger partial charge on any atom is -0.507 e. The molecular weight excluding hydrogens is 258 g/mol. The van der Waals surface area contributed by atoms with Crippen molar-refractivity contribution in [2.75, 3.05) is 0 Å². The smallest absolute Gasteiger partial charge is 0.374 e. The van der Waals surface area contributed by atoms with Crippen molar-refractivity contribution in [3.05, 3.63) is 29.5 Å². The van der Waals surface area contributed by atoms with Gasteiger partial charge >= 0.3 is 11.9 Å². The van der Waals surface area contributed by atoms with Crippen LogP contribution in [-0.4, -0.2) is 37.5 Å². The van der Waals surface area contributed by atoms with Crippen LogP contribution >= 0.6 is 0 Å². The predicted molar refractivity (Wildman–Crippen MR) is 59.2 cm³/mol. The second-order valence-corrected chi connectivity index (χ2v) is 3.57. The average molecular weight is 265 g/mol. The van der Waals surface area contributed by atoms with Gasteiger partial charge in [0.15, 0.2) is 0 Å². The Hall–Kier alpha value is -3.03. The van der Waals surface area contributed by atoms with Crippen LogP contribution in [0, 0.1) is 0 Å². The Kier molecular flexibility index (Phi) is 2.83. The Morgan fingerprint density at radius 2 is 1.68 bits per heavy atom. The maximum Gasteiger partial charge on any atom is 0.374 e. The number of aromatic carboxylic acids is 2. The zero-order valence-corrected chi connectivity index (χ0v) is 9.19. The average Bonchev–Trinajstić information content (AvgIpc) is 2.77. The minimum absolute atomic E-state index is 0.0580. The van der Waals surface area contributed by atoms with Crippen molar-refractivity contribution in [1.29, 1.82) is 0 Å². The second kappa shape index (κ2) is 4.33. The molecule has 0 saturated heterocycles. The van der Waals surface area contributed by atoms with Gasteiger partial charge < -0.3 is 24.9 Å². The summed E-state index contributed by atoms with van der Waals surface area (Å²) in [6.45, 7) is 0. The van der Waals surface area contributed by atoms with E-state index in [4.69, 9.17) is 10.2 Å². The van der Waals surface area contributed by atoms with Crippen molar-refractivity contribution in [3.63, 3.8) is 0 Å². The first-order chi connectivity index (χ1) is 8.90. The number of hydrogen-bond donors (Lipinski definition) is 4. The first-order valence-electron chi connectivity index (χ1n) is 4.90. The van der Waals surface area contributed by atoms with Crippen molar-refractivity contribution in [2.45, 2.75) is 0 Å². The van der Waals surface area contributed by atoms with Crippen LogP contribution in [-0.2, 0) is 0 Å². The Morgan fingerprint density at radius 3 is 2.21 bits per heavy atom. The zero-order valence-electron chi connectivity index (χ0n) is 9.19. The van der Waals surface area contributed by atoms with Gasteiger partial charge in [0.1, 0.15) is 22.8 Å². The number of phenolic OH excluding ortho intramolecular Hbond substituents is 1. The third-order valence-electron chi connectivity index (χ3n) is 2.34. The normalized spacial score (nSPS) is 10.3. The third kappa shape index (κ3) is 2.18. The van der Waals surface area contributed by atoms with Crippen molar-refractivity contribution in [2.24, 2.45) is 0 Å². The lowest BCUT2D eigenvalue weighted by Crippen LogP contribution is -1.97. The molecule has 1 aromatic heterocycles. The lowest BCUT2D eigenvalue weighted by molar-refractivity contribution is 0.0649. The first-order valence-corrected chi connectivity index (χ1v) is 4.90. The topological polar surface area (TPSA) is 141 Å². The van der Waals surface area contributed by atoms with Crippen LogP contribution in [0.4, 0.5) is 0 Å². The van der Waals surface area contributed by atoms with Crippen molar-refractivity contribution < 1.29 is 34.5 Å². The molecule has 0 saturated carbocycles. The number of nitrogens with zero attached hydrogens (tertiary/aromatic N) is 1. The highest BCUT2D eigenvalue weighted by molar-refractivity contribution is 5.93. The summed E-state index contributed by atoms with van der Waals surface area (Å²) in [4.78, 5) is 21.5. The number of aromatic nitrogens is 1. The molecule has 2 aromatic rings. The molecule has 0 fully saturated rings. The summed E-state index contributed by atoms with van der Waals surface area (Å²) >= 11 is 0. The van der Waals surface area contributed by atoms with Crippen LogP contribution in [0.5, 0.6) is 11.5 Å². The van der Waals surface area contributed by atoms with Crippen molar-refractivity contribution in [3.8, 4) is 22.8 Å². The van der Waals surface area contributed by atoms with Gasteiger partial charge in [-0.25, -0.2) is 9.59 Å². The second-order valence-electron chi connectivity index (χ2n) is 3.57. The van der Waals surface area contributed by atoms with Crippen LogP contribution < -0.4 is 0 Å². The fourth-order valence-corrected chi connectivity index (χ4v) is 1.46. The summed E-state index contributed by atoms with van der Waals surface area (Å²) in [7, 11) is 0. The molecule has 2 rings (SSSR count). The van der Waals surface area contributed by atoms with Crippen LogP contribution in [0.25, 0.3) is 11.3 Å². The molecule has 0 radical (unpaired) electrons. The Balaban J connectivity index is 2.57. The van der Waals surface area contributed by atoms with Crippen molar-refractivity contribution >= 4 is 11.9 Å². The molecule has 0 aliphatic carbocycles. The molecule has 4 N–H and O–H groups in total. The van der Waals surface area contributed by atoms with Gasteiger partial charge in [0.2, 0.25) is 5.76 Å². The lowest BCUT2D eigenvalue weighted by Gasteiger charge is -2.04. The predicted octanol–water partition coefficient (Wildman–Crippen LogP) is 1.15. The van der Waals surface area contributed by atoms with Gasteiger partial charge in [-0.15, -0.1) is 0 Å². The SMILES string of the molecule is O=C(O)c1cc(-c2cc(C(=O)O)c(O)cc2O)no1. The molecule has 0 aliphatic heterocycles. The Bertz CT molecular complexity index is 674. The van der Waals surface area contributed by atoms with E-state index in [1.807, 2.05) is 0 Å². The van der Waals surface area contributed by atoms with E-state index >= 15 is 0 Å². The molecule has 0 bridgehead atoms. The van der Waals surface area contributed by atoms with Crippen LogP contribution in [0.2, 0.25) is 0 Å². The highest BCUT2D eigenvalue weighted by Crippen LogP contribution is 2.34. The minimum atomic E-state index is -1.40. The Morgan fingerprint density at radius 1 is 1.00 bits per heavy atom. The standard InChI is InChI=1S/C11H7NO7/c13-7-3-8(14)5(10(15)16)1-4(7)6-2-9(11(17)18)19-12-6/h1-3,13-14H,(H,15,16)(H,17,18). The fraction of sp³-hybridized carbons (Fsp3) is 0. The molecule has 0 amide bonds. The molecule has 0 aliphatic rings.